The van der Waals surface area contributed by atoms with Gasteiger partial charge in [-0.25, -0.2) is 8.78 Å². The summed E-state index contributed by atoms with van der Waals surface area (Å²) in [6.07, 6.45) is 2.57. The van der Waals surface area contributed by atoms with Gasteiger partial charge in [0.1, 0.15) is 35.5 Å². The number of halogens is 2. The van der Waals surface area contributed by atoms with Crippen LogP contribution in [-0.4, -0.2) is 81.4 Å². The number of pyridine rings is 1. The van der Waals surface area contributed by atoms with Gasteiger partial charge in [-0.2, -0.15) is 9.97 Å². The smallest absolute Gasteiger partial charge is 0.319 e. The van der Waals surface area contributed by atoms with E-state index in [-0.39, 0.29) is 54.9 Å². The van der Waals surface area contributed by atoms with Gasteiger partial charge in [-0.05, 0) is 67.1 Å². The molecule has 4 aromatic rings. The Balaban J connectivity index is 1.29. The first-order valence-electron chi connectivity index (χ1n) is 17.1. The van der Waals surface area contributed by atoms with Gasteiger partial charge >= 0.3 is 6.01 Å². The molecular formula is C33H36F2N6O2. The number of aryl methyl sites for hydroxylation is 1. The molecule has 0 amide bonds. The molecule has 4 atom stereocenters. The Labute approximate surface area is 254 Å². The van der Waals surface area contributed by atoms with Crippen LogP contribution in [-0.2, 0) is 6.42 Å². The Bertz CT molecular complexity index is 1900. The summed E-state index contributed by atoms with van der Waals surface area (Å²) in [6, 6.07) is 8.81. The van der Waals surface area contributed by atoms with E-state index in [0.29, 0.717) is 36.3 Å². The lowest BCUT2D eigenvalue weighted by Crippen LogP contribution is -2.51. The van der Waals surface area contributed by atoms with Crippen molar-refractivity contribution < 1.29 is 24.1 Å². The molecule has 4 aliphatic rings. The number of nitrogens with one attached hydrogen (secondary N) is 1. The van der Waals surface area contributed by atoms with Crippen LogP contribution < -0.4 is 15.0 Å². The number of phenols is 1. The number of ether oxygens (including phenoxy) is 1. The summed E-state index contributed by atoms with van der Waals surface area (Å²) in [5.41, 5.74) is -0.367. The van der Waals surface area contributed by atoms with Gasteiger partial charge in [0.05, 0.1) is 13.7 Å². The average Bonchev–Trinajstić information content (AvgIpc) is 3.65. The van der Waals surface area contributed by atoms with Crippen molar-refractivity contribution in [3.05, 3.63) is 47.9 Å². The van der Waals surface area contributed by atoms with Gasteiger partial charge in [-0.3, -0.25) is 9.88 Å². The molecule has 8 rings (SSSR count). The highest BCUT2D eigenvalue weighted by Gasteiger charge is 2.49. The van der Waals surface area contributed by atoms with Crippen molar-refractivity contribution in [1.29, 1.82) is 0 Å². The number of aromatic hydroxyl groups is 1. The molecule has 0 saturated carbocycles. The van der Waals surface area contributed by atoms with Crippen molar-refractivity contribution >= 4 is 27.5 Å². The molecule has 2 aromatic carbocycles. The van der Waals surface area contributed by atoms with Crippen LogP contribution in [0, 0.1) is 5.82 Å². The van der Waals surface area contributed by atoms with Crippen LogP contribution >= 0.6 is 0 Å². The molecule has 8 nitrogen and oxygen atoms in total. The number of phenolic OH excluding ortho intramolecular Hbond substituents is 1. The minimum atomic E-state index is -2.60. The number of nitrogens with zero attached hydrogens (tertiary/aromatic N) is 5. The molecule has 0 spiro atoms. The van der Waals surface area contributed by atoms with Crippen molar-refractivity contribution in [2.24, 2.45) is 0 Å². The van der Waals surface area contributed by atoms with E-state index in [4.69, 9.17) is 10.2 Å². The van der Waals surface area contributed by atoms with E-state index in [2.05, 4.69) is 20.3 Å². The number of hydrogen-bond acceptors (Lipinski definition) is 8. The third-order valence-corrected chi connectivity index (χ3v) is 9.47. The van der Waals surface area contributed by atoms with Crippen LogP contribution in [0.25, 0.3) is 32.9 Å². The number of fused-ring (bicyclic) bond motifs is 5. The number of piperazine rings is 1. The minimum Gasteiger partial charge on any atom is -0.508 e. The van der Waals surface area contributed by atoms with Crippen LogP contribution in [0.2, 0.25) is 0 Å². The first-order chi connectivity index (χ1) is 22.4. The van der Waals surface area contributed by atoms with Gasteiger partial charge in [0.25, 0.3) is 0 Å². The van der Waals surface area contributed by atoms with Gasteiger partial charge in [0.15, 0.2) is 5.82 Å². The zero-order chi connectivity index (χ0) is 32.9. The zero-order valence-corrected chi connectivity index (χ0v) is 23.9. The SMILES string of the molecule is [2H]C1([2H])CC[C@@]2(C([2H])([2H])Oc3nc(N4C[C@H]5CC[C@@H](C4)N5)c4cnc(-c5cc(O)cc6cccc(CC)c56)c(F)c4n3)C[C@@H](F)CN12. The summed E-state index contributed by atoms with van der Waals surface area (Å²) in [5.74, 6) is -0.450. The largest absolute Gasteiger partial charge is 0.508 e. The fourth-order valence-electron chi connectivity index (χ4n) is 7.49. The lowest BCUT2D eigenvalue weighted by atomic mass is 9.95. The van der Waals surface area contributed by atoms with Crippen molar-refractivity contribution in [3.63, 3.8) is 0 Å². The maximum Gasteiger partial charge on any atom is 0.319 e. The van der Waals surface area contributed by atoms with E-state index in [1.807, 2.05) is 30.0 Å². The molecule has 224 valence electrons. The molecule has 4 aliphatic heterocycles. The Morgan fingerprint density at radius 3 is 2.86 bits per heavy atom. The van der Waals surface area contributed by atoms with Crippen molar-refractivity contribution in [2.75, 3.05) is 37.6 Å². The highest BCUT2D eigenvalue weighted by molar-refractivity contribution is 6.01. The zero-order valence-electron chi connectivity index (χ0n) is 27.9. The lowest BCUT2D eigenvalue weighted by molar-refractivity contribution is 0.107. The number of aromatic nitrogens is 3. The maximum atomic E-state index is 16.9. The fourth-order valence-corrected chi connectivity index (χ4v) is 7.49. The monoisotopic (exact) mass is 590 g/mol. The van der Waals surface area contributed by atoms with Gasteiger partial charge in [0, 0.05) is 52.6 Å². The molecule has 0 aliphatic carbocycles. The number of rotatable bonds is 6. The van der Waals surface area contributed by atoms with E-state index in [1.54, 1.807) is 6.07 Å². The molecule has 6 heterocycles. The van der Waals surface area contributed by atoms with Gasteiger partial charge in [-0.15, -0.1) is 0 Å². The predicted octanol–water partition coefficient (Wildman–Crippen LogP) is 5.15. The number of benzene rings is 2. The summed E-state index contributed by atoms with van der Waals surface area (Å²) < 4.78 is 72.6. The number of hydrogen-bond donors (Lipinski definition) is 2. The first-order valence-corrected chi connectivity index (χ1v) is 15.1. The minimum absolute atomic E-state index is 0.0249. The third-order valence-electron chi connectivity index (χ3n) is 9.47. The Kier molecular flexibility index (Phi) is 5.44. The number of anilines is 1. The second-order valence-electron chi connectivity index (χ2n) is 12.2. The van der Waals surface area contributed by atoms with Gasteiger partial charge in [-0.1, -0.05) is 25.1 Å². The highest BCUT2D eigenvalue weighted by atomic mass is 19.1. The third kappa shape index (κ3) is 4.49. The maximum absolute atomic E-state index is 16.9. The Hall–Kier alpha value is -3.63. The van der Waals surface area contributed by atoms with E-state index in [1.165, 1.54) is 17.2 Å². The Morgan fingerprint density at radius 2 is 2.05 bits per heavy atom. The van der Waals surface area contributed by atoms with Crippen LogP contribution in [0.5, 0.6) is 11.8 Å². The lowest BCUT2D eigenvalue weighted by Gasteiger charge is -2.34. The average molecular weight is 591 g/mol. The van der Waals surface area contributed by atoms with Crippen LogP contribution in [0.3, 0.4) is 0 Å². The fraction of sp³-hybridized carbons (Fsp3) is 0.485. The summed E-state index contributed by atoms with van der Waals surface area (Å²) in [4.78, 5) is 16.9. The molecule has 2 bridgehead atoms. The van der Waals surface area contributed by atoms with E-state index < -0.39 is 36.6 Å². The molecule has 4 saturated heterocycles. The predicted molar refractivity (Wildman–Crippen MR) is 162 cm³/mol. The van der Waals surface area contributed by atoms with E-state index >= 15 is 4.39 Å². The molecular weight excluding hydrogens is 550 g/mol. The second kappa shape index (κ2) is 10.2. The topological polar surface area (TPSA) is 86.6 Å². The van der Waals surface area contributed by atoms with Crippen molar-refractivity contribution in [1.82, 2.24) is 25.2 Å². The summed E-state index contributed by atoms with van der Waals surface area (Å²) in [5, 5.41) is 16.0. The normalized spacial score (nSPS) is 29.8. The molecule has 4 fully saturated rings. The second-order valence-corrected chi connectivity index (χ2v) is 12.2. The molecule has 10 heteroatoms. The van der Waals surface area contributed by atoms with Gasteiger partial charge < -0.3 is 20.1 Å². The standard InChI is InChI=1S/C33H36F2N6O2/c1-2-19-5-3-6-20-11-24(42)12-25(27(19)20)29-28(35)30-26(14-36-29)31(40-16-22-7-8-23(17-40)37-22)39-32(38-30)43-18-33-9-4-10-41(33)15-21(34)13-33/h3,5-6,11-12,14,21-23,37,42H,2,4,7-10,13,15-18H2,1H3/t21-,22-,23+,33+/m1/s1/i10D2,18D2. The number of alkyl halides is 1. The Morgan fingerprint density at radius 1 is 1.21 bits per heavy atom. The summed E-state index contributed by atoms with van der Waals surface area (Å²) in [7, 11) is 0. The van der Waals surface area contributed by atoms with Crippen molar-refractivity contribution in [3.8, 4) is 23.0 Å². The van der Waals surface area contributed by atoms with E-state index in [9.17, 15) is 9.50 Å². The van der Waals surface area contributed by atoms with Crippen LogP contribution in [0.4, 0.5) is 14.6 Å². The van der Waals surface area contributed by atoms with Gasteiger partial charge in [0.2, 0.25) is 0 Å². The molecule has 2 aromatic heterocycles. The summed E-state index contributed by atoms with van der Waals surface area (Å²) in [6.45, 7) is -1.56. The van der Waals surface area contributed by atoms with Crippen LogP contribution in [0.1, 0.15) is 50.1 Å². The van der Waals surface area contributed by atoms with E-state index in [0.717, 1.165) is 29.2 Å². The van der Waals surface area contributed by atoms with Crippen molar-refractivity contribution in [2.45, 2.75) is 69.2 Å². The molecule has 0 unspecified atom stereocenters. The molecule has 43 heavy (non-hydrogen) atoms. The first kappa shape index (κ1) is 22.8. The molecule has 2 N–H and O–H groups in total. The quantitative estimate of drug-likeness (QED) is 0.319. The molecule has 0 radical (unpaired) electrons. The van der Waals surface area contributed by atoms with Crippen LogP contribution in [0.15, 0.2) is 36.5 Å². The highest BCUT2D eigenvalue weighted by Crippen LogP contribution is 2.42. The summed E-state index contributed by atoms with van der Waals surface area (Å²) >= 11 is 0.